The minimum absolute atomic E-state index is 0.300. The summed E-state index contributed by atoms with van der Waals surface area (Å²) in [6.45, 7) is 7.60. The Balaban J connectivity index is 1.95. The zero-order valence-electron chi connectivity index (χ0n) is 13.6. The Hall–Kier alpha value is -1.22. The number of benzene rings is 1. The molecule has 0 aliphatic heterocycles. The molecule has 21 heavy (non-hydrogen) atoms. The quantitative estimate of drug-likeness (QED) is 0.622. The van der Waals surface area contributed by atoms with Gasteiger partial charge in [-0.1, -0.05) is 44.9 Å². The second-order valence-electron chi connectivity index (χ2n) is 8.74. The molecule has 0 nitrogen and oxygen atoms in total. The highest BCUT2D eigenvalue weighted by atomic mass is 14.7. The van der Waals surface area contributed by atoms with Gasteiger partial charge in [-0.25, -0.2) is 0 Å². The van der Waals surface area contributed by atoms with E-state index in [1.807, 2.05) is 0 Å². The van der Waals surface area contributed by atoms with Gasteiger partial charge >= 0.3 is 0 Å². The van der Waals surface area contributed by atoms with E-state index in [1.54, 1.807) is 0 Å². The summed E-state index contributed by atoms with van der Waals surface area (Å²) in [7, 11) is 0. The molecule has 2 atom stereocenters. The van der Waals surface area contributed by atoms with Crippen LogP contribution in [0.1, 0.15) is 64.0 Å². The van der Waals surface area contributed by atoms with Gasteiger partial charge in [0.25, 0.3) is 0 Å². The fourth-order valence-corrected chi connectivity index (χ4v) is 6.56. The topological polar surface area (TPSA) is 0 Å². The van der Waals surface area contributed by atoms with Crippen LogP contribution in [0.5, 0.6) is 0 Å². The van der Waals surface area contributed by atoms with E-state index in [-0.39, 0.29) is 0 Å². The lowest BCUT2D eigenvalue weighted by atomic mass is 9.33. The summed E-state index contributed by atoms with van der Waals surface area (Å²) in [6.07, 6.45) is 12.9. The van der Waals surface area contributed by atoms with Crippen LogP contribution in [-0.4, -0.2) is 0 Å². The van der Waals surface area contributed by atoms with Crippen LogP contribution in [0, 0.1) is 35.0 Å². The highest BCUT2D eigenvalue weighted by Crippen LogP contribution is 2.73. The van der Waals surface area contributed by atoms with E-state index in [4.69, 9.17) is 6.42 Å². The number of hydrogen-bond donors (Lipinski definition) is 0. The molecule has 110 valence electrons. The smallest absolute Gasteiger partial charge is 0.0280 e. The Kier molecular flexibility index (Phi) is 2.53. The Morgan fingerprint density at radius 2 is 1.62 bits per heavy atom. The molecule has 4 aliphatic carbocycles. The summed E-state index contributed by atoms with van der Waals surface area (Å²) < 4.78 is 0. The Morgan fingerprint density at radius 1 is 1.00 bits per heavy atom. The molecular formula is C21H26. The highest BCUT2D eigenvalue weighted by molar-refractivity contribution is 5.47. The molecule has 0 spiro atoms. The first kappa shape index (κ1) is 13.4. The van der Waals surface area contributed by atoms with Crippen molar-refractivity contribution in [1.29, 1.82) is 0 Å². The van der Waals surface area contributed by atoms with E-state index < -0.39 is 0 Å². The van der Waals surface area contributed by atoms with E-state index in [0.717, 1.165) is 17.4 Å². The summed E-state index contributed by atoms with van der Waals surface area (Å²) in [6, 6.07) is 8.75. The Morgan fingerprint density at radius 3 is 2.24 bits per heavy atom. The van der Waals surface area contributed by atoms with Crippen molar-refractivity contribution in [3.05, 3.63) is 35.4 Å². The number of rotatable bonds is 1. The number of hydrogen-bond acceptors (Lipinski definition) is 0. The summed E-state index contributed by atoms with van der Waals surface area (Å²) in [5, 5.41) is 0. The van der Waals surface area contributed by atoms with Crippen LogP contribution in [0.15, 0.2) is 24.3 Å². The van der Waals surface area contributed by atoms with Gasteiger partial charge in [0.1, 0.15) is 0 Å². The van der Waals surface area contributed by atoms with Crippen LogP contribution in [0.3, 0.4) is 0 Å². The Labute approximate surface area is 129 Å². The van der Waals surface area contributed by atoms with Crippen LogP contribution in [0.4, 0.5) is 0 Å². The molecule has 0 saturated heterocycles. The molecule has 1 aromatic carbocycles. The zero-order chi connectivity index (χ0) is 14.9. The second-order valence-corrected chi connectivity index (χ2v) is 8.74. The van der Waals surface area contributed by atoms with E-state index in [2.05, 4.69) is 51.0 Å². The van der Waals surface area contributed by atoms with Gasteiger partial charge in [-0.2, -0.15) is 0 Å². The van der Waals surface area contributed by atoms with Crippen LogP contribution in [-0.2, 0) is 5.41 Å². The van der Waals surface area contributed by atoms with Crippen LogP contribution in [0.2, 0.25) is 0 Å². The fraction of sp³-hybridized carbons (Fsp3) is 0.619. The molecule has 0 radical (unpaired) electrons. The maximum atomic E-state index is 5.84. The van der Waals surface area contributed by atoms with Crippen molar-refractivity contribution in [3.8, 4) is 12.3 Å². The molecule has 4 saturated carbocycles. The van der Waals surface area contributed by atoms with Gasteiger partial charge in [-0.05, 0) is 66.4 Å². The van der Waals surface area contributed by atoms with E-state index in [9.17, 15) is 0 Å². The van der Waals surface area contributed by atoms with Gasteiger partial charge in [0.15, 0.2) is 0 Å². The minimum Gasteiger partial charge on any atom is -0.115 e. The van der Waals surface area contributed by atoms with E-state index in [1.165, 1.54) is 37.7 Å². The first-order valence-corrected chi connectivity index (χ1v) is 8.48. The number of terminal acetylenes is 1. The third-order valence-electron chi connectivity index (χ3n) is 7.72. The minimum atomic E-state index is 0.300. The average Bonchev–Trinajstić information content (AvgIpc) is 2.44. The molecule has 4 aliphatic rings. The van der Waals surface area contributed by atoms with Gasteiger partial charge in [0.2, 0.25) is 0 Å². The van der Waals surface area contributed by atoms with Crippen LogP contribution in [0.25, 0.3) is 0 Å². The van der Waals surface area contributed by atoms with E-state index in [0.29, 0.717) is 16.2 Å². The molecule has 0 amide bonds. The summed E-state index contributed by atoms with van der Waals surface area (Å²) in [5.74, 6) is 4.81. The van der Waals surface area contributed by atoms with Gasteiger partial charge in [-0.3, -0.25) is 0 Å². The SMILES string of the molecule is C#Cc1ccccc1C12CC3CC(CC(C)(C3)C1(C)C)C2. The third kappa shape index (κ3) is 1.48. The maximum Gasteiger partial charge on any atom is 0.0280 e. The summed E-state index contributed by atoms with van der Waals surface area (Å²) in [4.78, 5) is 0. The lowest BCUT2D eigenvalue weighted by molar-refractivity contribution is -0.170. The van der Waals surface area contributed by atoms with Crippen molar-refractivity contribution in [2.24, 2.45) is 22.7 Å². The highest BCUT2D eigenvalue weighted by Gasteiger charge is 2.66. The first-order chi connectivity index (χ1) is 9.92. The van der Waals surface area contributed by atoms with Gasteiger partial charge in [0, 0.05) is 11.0 Å². The maximum absolute atomic E-state index is 5.84. The first-order valence-electron chi connectivity index (χ1n) is 8.48. The van der Waals surface area contributed by atoms with Crippen molar-refractivity contribution < 1.29 is 0 Å². The van der Waals surface area contributed by atoms with Gasteiger partial charge < -0.3 is 0 Å². The third-order valence-corrected chi connectivity index (χ3v) is 7.72. The second kappa shape index (κ2) is 3.95. The van der Waals surface area contributed by atoms with Crippen LogP contribution < -0.4 is 0 Å². The van der Waals surface area contributed by atoms with E-state index >= 15 is 0 Å². The molecule has 0 aromatic heterocycles. The lowest BCUT2D eigenvalue weighted by Crippen LogP contribution is -2.64. The molecule has 4 bridgehead atoms. The monoisotopic (exact) mass is 278 g/mol. The van der Waals surface area contributed by atoms with Crippen molar-refractivity contribution in [2.75, 3.05) is 0 Å². The predicted octanol–water partition coefficient (Wildman–Crippen LogP) is 5.16. The van der Waals surface area contributed by atoms with Crippen molar-refractivity contribution >= 4 is 0 Å². The summed E-state index contributed by atoms with van der Waals surface area (Å²) in [5.41, 5.74) is 3.72. The fourth-order valence-electron chi connectivity index (χ4n) is 6.56. The van der Waals surface area contributed by atoms with Crippen molar-refractivity contribution in [1.82, 2.24) is 0 Å². The molecular weight excluding hydrogens is 252 g/mol. The predicted molar refractivity (Wildman–Crippen MR) is 88.0 cm³/mol. The standard InChI is InChI=1S/C21H26/c1-5-17-8-6-7-9-18(17)21-13-15-10-16(14-21)12-20(4,11-15)19(21,2)3/h1,6-9,15-16H,10-14H2,2-4H3. The summed E-state index contributed by atoms with van der Waals surface area (Å²) >= 11 is 0. The van der Waals surface area contributed by atoms with Crippen molar-refractivity contribution in [2.45, 2.75) is 58.3 Å². The van der Waals surface area contributed by atoms with Gasteiger partial charge in [-0.15, -0.1) is 6.42 Å². The largest absolute Gasteiger partial charge is 0.115 e. The molecule has 0 N–H and O–H groups in total. The Bertz CT molecular complexity index is 614. The van der Waals surface area contributed by atoms with Crippen molar-refractivity contribution in [3.63, 3.8) is 0 Å². The zero-order valence-corrected chi connectivity index (χ0v) is 13.6. The molecule has 0 heterocycles. The van der Waals surface area contributed by atoms with Crippen LogP contribution >= 0.6 is 0 Å². The molecule has 1 aromatic rings. The molecule has 2 unspecified atom stereocenters. The van der Waals surface area contributed by atoms with Gasteiger partial charge in [0.05, 0.1) is 0 Å². The molecule has 4 fully saturated rings. The lowest BCUT2D eigenvalue weighted by Gasteiger charge is -2.71. The normalized spacial score (nSPS) is 42.8. The average molecular weight is 278 g/mol. The molecule has 5 rings (SSSR count). The molecule has 0 heteroatoms.